The van der Waals surface area contributed by atoms with Crippen molar-refractivity contribution < 1.29 is 28.9 Å². The maximum absolute atomic E-state index is 12.4. The summed E-state index contributed by atoms with van der Waals surface area (Å²) in [6, 6.07) is 5.34. The molecule has 1 fully saturated rings. The molecule has 7 heteroatoms. The minimum absolute atomic E-state index is 0.0593. The predicted octanol–water partition coefficient (Wildman–Crippen LogP) is 0.948. The Morgan fingerprint density at radius 2 is 2.04 bits per heavy atom. The van der Waals surface area contributed by atoms with Crippen LogP contribution in [0, 0.1) is 0 Å². The van der Waals surface area contributed by atoms with Gasteiger partial charge in [-0.05, 0) is 17.7 Å². The monoisotopic (exact) mass is 323 g/mol. The van der Waals surface area contributed by atoms with Crippen LogP contribution in [0.15, 0.2) is 18.2 Å². The number of benzene rings is 1. The predicted molar refractivity (Wildman–Crippen MR) is 81.8 cm³/mol. The first-order valence-electron chi connectivity index (χ1n) is 7.35. The van der Waals surface area contributed by atoms with Gasteiger partial charge in [-0.1, -0.05) is 6.07 Å². The van der Waals surface area contributed by atoms with Crippen molar-refractivity contribution in [1.29, 1.82) is 0 Å². The highest BCUT2D eigenvalue weighted by Gasteiger charge is 2.26. The molecule has 1 atom stereocenters. The van der Waals surface area contributed by atoms with Gasteiger partial charge < -0.3 is 24.2 Å². The van der Waals surface area contributed by atoms with Crippen molar-refractivity contribution in [1.82, 2.24) is 4.90 Å². The minimum atomic E-state index is -0.927. The molecular weight excluding hydrogens is 302 g/mol. The van der Waals surface area contributed by atoms with Crippen LogP contribution in [0.3, 0.4) is 0 Å². The van der Waals surface area contributed by atoms with E-state index in [2.05, 4.69) is 0 Å². The quantitative estimate of drug-likeness (QED) is 0.839. The summed E-state index contributed by atoms with van der Waals surface area (Å²) in [5.74, 6) is 0.195. The first-order valence-corrected chi connectivity index (χ1v) is 7.35. The molecule has 0 radical (unpaired) electrons. The average molecular weight is 323 g/mol. The van der Waals surface area contributed by atoms with Crippen molar-refractivity contribution in [2.75, 3.05) is 33.9 Å². The normalized spacial score (nSPS) is 17.7. The van der Waals surface area contributed by atoms with E-state index in [1.807, 2.05) is 6.07 Å². The number of carbonyl (C=O) groups excluding carboxylic acids is 1. The second-order valence-electron chi connectivity index (χ2n) is 5.30. The Morgan fingerprint density at radius 3 is 2.70 bits per heavy atom. The van der Waals surface area contributed by atoms with Crippen LogP contribution in [0.4, 0.5) is 0 Å². The molecule has 0 bridgehead atoms. The molecule has 0 spiro atoms. The summed E-state index contributed by atoms with van der Waals surface area (Å²) in [4.78, 5) is 24.8. The van der Waals surface area contributed by atoms with Crippen LogP contribution in [-0.2, 0) is 20.7 Å². The van der Waals surface area contributed by atoms with Crippen LogP contribution in [-0.4, -0.2) is 61.9 Å². The van der Waals surface area contributed by atoms with Crippen LogP contribution >= 0.6 is 0 Å². The number of aliphatic carboxylic acids is 1. The fourth-order valence-electron chi connectivity index (χ4n) is 2.54. The molecule has 2 rings (SSSR count). The zero-order chi connectivity index (χ0) is 16.8. The topological polar surface area (TPSA) is 85.3 Å². The smallest absolute Gasteiger partial charge is 0.306 e. The summed E-state index contributed by atoms with van der Waals surface area (Å²) in [7, 11) is 3.10. The number of morpholine rings is 1. The van der Waals surface area contributed by atoms with E-state index in [0.29, 0.717) is 31.2 Å². The van der Waals surface area contributed by atoms with Gasteiger partial charge in [0.05, 0.1) is 39.8 Å². The van der Waals surface area contributed by atoms with E-state index in [4.69, 9.17) is 19.3 Å². The van der Waals surface area contributed by atoms with E-state index in [-0.39, 0.29) is 18.7 Å². The lowest BCUT2D eigenvalue weighted by Gasteiger charge is -2.32. The average Bonchev–Trinajstić information content (AvgIpc) is 2.54. The molecule has 1 aliphatic heterocycles. The van der Waals surface area contributed by atoms with Gasteiger partial charge in [-0.25, -0.2) is 0 Å². The number of rotatable bonds is 6. The van der Waals surface area contributed by atoms with Gasteiger partial charge in [0.15, 0.2) is 11.5 Å². The third-order valence-corrected chi connectivity index (χ3v) is 3.70. The van der Waals surface area contributed by atoms with Crippen molar-refractivity contribution in [3.8, 4) is 11.5 Å². The Balaban J connectivity index is 1.99. The number of carboxylic acids is 1. The van der Waals surface area contributed by atoms with Crippen molar-refractivity contribution in [3.63, 3.8) is 0 Å². The fraction of sp³-hybridized carbons (Fsp3) is 0.500. The molecule has 0 aromatic heterocycles. The Bertz CT molecular complexity index is 574. The highest BCUT2D eigenvalue weighted by Crippen LogP contribution is 2.28. The van der Waals surface area contributed by atoms with Crippen LogP contribution in [0.5, 0.6) is 11.5 Å². The van der Waals surface area contributed by atoms with E-state index in [1.54, 1.807) is 31.3 Å². The largest absolute Gasteiger partial charge is 0.493 e. The molecular formula is C16H21NO6. The van der Waals surface area contributed by atoms with E-state index in [9.17, 15) is 9.59 Å². The first kappa shape index (κ1) is 17.1. The third-order valence-electron chi connectivity index (χ3n) is 3.70. The molecule has 1 saturated heterocycles. The van der Waals surface area contributed by atoms with Gasteiger partial charge in [0, 0.05) is 13.1 Å². The van der Waals surface area contributed by atoms with E-state index < -0.39 is 12.1 Å². The number of amides is 1. The van der Waals surface area contributed by atoms with Gasteiger partial charge in [-0.15, -0.1) is 0 Å². The van der Waals surface area contributed by atoms with Crippen LogP contribution < -0.4 is 9.47 Å². The summed E-state index contributed by atoms with van der Waals surface area (Å²) in [6.45, 7) is 1.14. The number of nitrogens with zero attached hydrogens (tertiary/aromatic N) is 1. The Labute approximate surface area is 134 Å². The maximum atomic E-state index is 12.4. The molecule has 1 aromatic rings. The molecule has 1 aromatic carbocycles. The summed E-state index contributed by atoms with van der Waals surface area (Å²) < 4.78 is 15.8. The van der Waals surface area contributed by atoms with E-state index in [1.165, 1.54) is 0 Å². The van der Waals surface area contributed by atoms with E-state index >= 15 is 0 Å². The molecule has 0 aliphatic carbocycles. The van der Waals surface area contributed by atoms with Gasteiger partial charge in [0.1, 0.15) is 0 Å². The Hall–Kier alpha value is -2.28. The number of hydrogen-bond acceptors (Lipinski definition) is 5. The molecule has 1 amide bonds. The second-order valence-corrected chi connectivity index (χ2v) is 5.30. The molecule has 126 valence electrons. The Morgan fingerprint density at radius 1 is 1.30 bits per heavy atom. The SMILES string of the molecule is COc1ccc(CC(=O)N2CCOC(CC(=O)O)C2)cc1OC. The molecule has 1 N–H and O–H groups in total. The van der Waals surface area contributed by atoms with Gasteiger partial charge in [-0.2, -0.15) is 0 Å². The number of hydrogen-bond donors (Lipinski definition) is 1. The van der Waals surface area contributed by atoms with Gasteiger partial charge in [0.2, 0.25) is 5.91 Å². The standard InChI is InChI=1S/C16H21NO6/c1-21-13-4-3-11(7-14(13)22-2)8-15(18)17-5-6-23-12(10-17)9-16(19)20/h3-4,7,12H,5-6,8-10H2,1-2H3,(H,19,20). The van der Waals surface area contributed by atoms with E-state index in [0.717, 1.165) is 5.56 Å². The molecule has 1 unspecified atom stereocenters. The van der Waals surface area contributed by atoms with Crippen molar-refractivity contribution in [3.05, 3.63) is 23.8 Å². The van der Waals surface area contributed by atoms with Gasteiger partial charge >= 0.3 is 5.97 Å². The summed E-state index contributed by atoms with van der Waals surface area (Å²) >= 11 is 0. The lowest BCUT2D eigenvalue weighted by molar-refractivity contribution is -0.147. The second kappa shape index (κ2) is 7.82. The van der Waals surface area contributed by atoms with Gasteiger partial charge in [-0.3, -0.25) is 9.59 Å². The lowest BCUT2D eigenvalue weighted by atomic mass is 10.1. The zero-order valence-electron chi connectivity index (χ0n) is 13.3. The molecule has 23 heavy (non-hydrogen) atoms. The van der Waals surface area contributed by atoms with Crippen LogP contribution in [0.25, 0.3) is 0 Å². The zero-order valence-corrected chi connectivity index (χ0v) is 13.3. The highest BCUT2D eigenvalue weighted by atomic mass is 16.5. The molecule has 1 aliphatic rings. The first-order chi connectivity index (χ1) is 11.0. The van der Waals surface area contributed by atoms with Crippen LogP contribution in [0.1, 0.15) is 12.0 Å². The lowest BCUT2D eigenvalue weighted by Crippen LogP contribution is -2.46. The minimum Gasteiger partial charge on any atom is -0.493 e. The van der Waals surface area contributed by atoms with Crippen LogP contribution in [0.2, 0.25) is 0 Å². The number of carbonyl (C=O) groups is 2. The summed E-state index contributed by atoms with van der Waals surface area (Å²) in [5, 5.41) is 8.82. The molecule has 1 heterocycles. The van der Waals surface area contributed by atoms with Gasteiger partial charge in [0.25, 0.3) is 0 Å². The highest BCUT2D eigenvalue weighted by molar-refractivity contribution is 5.79. The number of carboxylic acid groups (broad SMARTS) is 1. The number of ether oxygens (including phenoxy) is 3. The summed E-state index contributed by atoms with van der Waals surface area (Å²) in [5.41, 5.74) is 0.814. The molecule has 7 nitrogen and oxygen atoms in total. The van der Waals surface area contributed by atoms with Crippen molar-refractivity contribution >= 4 is 11.9 Å². The van der Waals surface area contributed by atoms with Crippen molar-refractivity contribution in [2.24, 2.45) is 0 Å². The maximum Gasteiger partial charge on any atom is 0.306 e. The van der Waals surface area contributed by atoms with Crippen molar-refractivity contribution in [2.45, 2.75) is 18.9 Å². The fourth-order valence-corrected chi connectivity index (χ4v) is 2.54. The Kier molecular flexibility index (Phi) is 5.81. The molecule has 0 saturated carbocycles. The third kappa shape index (κ3) is 4.59. The number of methoxy groups -OCH3 is 2. The summed E-state index contributed by atoms with van der Waals surface area (Å²) in [6.07, 6.45) is -0.323.